The Hall–Kier alpha value is -2.15. The molecule has 2 aromatic carbocycles. The number of aromatic nitrogens is 1. The Morgan fingerprint density at radius 2 is 1.82 bits per heavy atom. The third-order valence-electron chi connectivity index (χ3n) is 5.22. The molecule has 1 aromatic heterocycles. The molecule has 0 aliphatic carbocycles. The van der Waals surface area contributed by atoms with Crippen molar-refractivity contribution in [2.75, 3.05) is 26.2 Å². The Morgan fingerprint density at radius 1 is 1.11 bits per heavy atom. The van der Waals surface area contributed by atoms with Crippen LogP contribution >= 0.6 is 11.3 Å². The Balaban J connectivity index is 1.29. The Labute approximate surface area is 169 Å². The molecule has 5 nitrogen and oxygen atoms in total. The topological polar surface area (TPSA) is 50.0 Å². The quantitative estimate of drug-likeness (QED) is 0.696. The molecule has 4 rings (SSSR count). The van der Waals surface area contributed by atoms with Crippen LogP contribution in [0.4, 0.5) is 0 Å². The number of piperidine rings is 1. The number of aliphatic hydroxyl groups excluding tert-OH is 1. The predicted octanol–water partition coefficient (Wildman–Crippen LogP) is 3.04. The van der Waals surface area contributed by atoms with Crippen molar-refractivity contribution in [2.24, 2.45) is 12.0 Å². The van der Waals surface area contributed by atoms with Crippen molar-refractivity contribution in [3.05, 3.63) is 59.4 Å². The summed E-state index contributed by atoms with van der Waals surface area (Å²) in [4.78, 5) is 8.42. The second-order valence-corrected chi connectivity index (χ2v) is 8.36. The molecule has 28 heavy (non-hydrogen) atoms. The maximum atomic E-state index is 10.3. The highest BCUT2D eigenvalue weighted by molar-refractivity contribution is 7.16. The van der Waals surface area contributed by atoms with Crippen LogP contribution in [0.15, 0.2) is 59.6 Å². The lowest BCUT2D eigenvalue weighted by Crippen LogP contribution is -2.42. The van der Waals surface area contributed by atoms with Crippen LogP contribution in [0, 0.1) is 0 Å². The van der Waals surface area contributed by atoms with Gasteiger partial charge >= 0.3 is 0 Å². The molecule has 1 saturated heterocycles. The zero-order chi connectivity index (χ0) is 19.3. The van der Waals surface area contributed by atoms with Gasteiger partial charge in [-0.2, -0.15) is 0 Å². The maximum absolute atomic E-state index is 10.3. The van der Waals surface area contributed by atoms with Crippen molar-refractivity contribution in [2.45, 2.75) is 25.0 Å². The van der Waals surface area contributed by atoms with E-state index in [1.165, 1.54) is 10.2 Å². The number of thiazole rings is 1. The summed E-state index contributed by atoms with van der Waals surface area (Å²) in [6, 6.07) is 18.5. The fourth-order valence-corrected chi connectivity index (χ4v) is 4.74. The fraction of sp³-hybridized carbons (Fsp3) is 0.409. The van der Waals surface area contributed by atoms with Gasteiger partial charge in [0.05, 0.1) is 16.3 Å². The first-order valence-electron chi connectivity index (χ1n) is 9.86. The normalized spacial score (nSPS) is 17.9. The maximum Gasteiger partial charge on any atom is 0.185 e. The highest BCUT2D eigenvalue weighted by atomic mass is 32.1. The second-order valence-electron chi connectivity index (χ2n) is 7.35. The van der Waals surface area contributed by atoms with E-state index in [0.29, 0.717) is 19.2 Å². The standard InChI is InChI=1S/C22H27N3O2S/c1-24-20-9-5-6-10-21(20)28-22(24)23-17-11-13-25(14-12-17)15-18(26)16-27-19-7-3-2-4-8-19/h2-10,17-18,26H,11-16H2,1H3/b23-22-. The molecule has 1 fully saturated rings. The monoisotopic (exact) mass is 397 g/mol. The van der Waals surface area contributed by atoms with E-state index in [4.69, 9.17) is 9.73 Å². The van der Waals surface area contributed by atoms with E-state index in [-0.39, 0.29) is 0 Å². The summed E-state index contributed by atoms with van der Waals surface area (Å²) < 4.78 is 9.13. The van der Waals surface area contributed by atoms with Gasteiger partial charge in [0.15, 0.2) is 4.80 Å². The molecule has 0 radical (unpaired) electrons. The van der Waals surface area contributed by atoms with E-state index in [9.17, 15) is 5.11 Å². The van der Waals surface area contributed by atoms with E-state index >= 15 is 0 Å². The molecule has 1 atom stereocenters. The van der Waals surface area contributed by atoms with E-state index < -0.39 is 6.10 Å². The molecule has 6 heteroatoms. The lowest BCUT2D eigenvalue weighted by atomic mass is 10.1. The number of aliphatic hydroxyl groups is 1. The van der Waals surface area contributed by atoms with E-state index in [1.807, 2.05) is 30.3 Å². The first-order valence-corrected chi connectivity index (χ1v) is 10.7. The minimum Gasteiger partial charge on any atom is -0.491 e. The number of hydrogen-bond acceptors (Lipinski definition) is 5. The van der Waals surface area contributed by atoms with Gasteiger partial charge in [0.25, 0.3) is 0 Å². The van der Waals surface area contributed by atoms with Crippen molar-refractivity contribution in [1.29, 1.82) is 0 Å². The Bertz CT molecular complexity index is 959. The smallest absolute Gasteiger partial charge is 0.185 e. The molecule has 3 aromatic rings. The van der Waals surface area contributed by atoms with Gasteiger partial charge in [-0.15, -0.1) is 0 Å². The fourth-order valence-electron chi connectivity index (χ4n) is 3.65. The van der Waals surface area contributed by atoms with Crippen LogP contribution in [0.1, 0.15) is 12.8 Å². The molecule has 1 N–H and O–H groups in total. The van der Waals surface area contributed by atoms with Crippen LogP contribution in [-0.2, 0) is 7.05 Å². The summed E-state index contributed by atoms with van der Waals surface area (Å²) in [6.07, 6.45) is 1.58. The second kappa shape index (κ2) is 8.90. The molecule has 0 bridgehead atoms. The number of likely N-dealkylation sites (tertiary alicyclic amines) is 1. The predicted molar refractivity (Wildman–Crippen MR) is 114 cm³/mol. The van der Waals surface area contributed by atoms with E-state index in [0.717, 1.165) is 36.5 Å². The zero-order valence-corrected chi connectivity index (χ0v) is 17.0. The molecule has 1 unspecified atom stereocenters. The Morgan fingerprint density at radius 3 is 2.57 bits per heavy atom. The number of nitrogens with zero attached hydrogens (tertiary/aromatic N) is 3. The third kappa shape index (κ3) is 4.63. The molecule has 0 amide bonds. The van der Waals surface area contributed by atoms with Gasteiger partial charge < -0.3 is 19.3 Å². The van der Waals surface area contributed by atoms with Crippen LogP contribution in [0.5, 0.6) is 5.75 Å². The van der Waals surface area contributed by atoms with Crippen LogP contribution in [0.3, 0.4) is 0 Å². The summed E-state index contributed by atoms with van der Waals surface area (Å²) >= 11 is 1.76. The molecular formula is C22H27N3O2S. The van der Waals surface area contributed by atoms with Crippen molar-refractivity contribution < 1.29 is 9.84 Å². The summed E-state index contributed by atoms with van der Waals surface area (Å²) in [5, 5.41) is 10.3. The van der Waals surface area contributed by atoms with E-state index in [1.54, 1.807) is 11.3 Å². The molecule has 0 saturated carbocycles. The van der Waals surface area contributed by atoms with Crippen LogP contribution in [0.25, 0.3) is 10.2 Å². The summed E-state index contributed by atoms with van der Waals surface area (Å²) in [5.74, 6) is 0.801. The minimum absolute atomic E-state index is 0.325. The van der Waals surface area contributed by atoms with E-state index in [2.05, 4.69) is 40.8 Å². The van der Waals surface area contributed by atoms with Crippen molar-refractivity contribution in [3.8, 4) is 5.75 Å². The van der Waals surface area contributed by atoms with Gasteiger partial charge in [0.2, 0.25) is 0 Å². The number of hydrogen-bond donors (Lipinski definition) is 1. The summed E-state index contributed by atoms with van der Waals surface area (Å²) in [5.41, 5.74) is 1.24. The Kier molecular flexibility index (Phi) is 6.10. The molecule has 0 spiro atoms. The van der Waals surface area contributed by atoms with Crippen molar-refractivity contribution in [1.82, 2.24) is 9.47 Å². The first kappa shape index (κ1) is 19.2. The number of β-amino-alcohol motifs (C(OH)–C–C–N with tert-alkyl or cyclic N) is 1. The average molecular weight is 398 g/mol. The average Bonchev–Trinajstić information content (AvgIpc) is 3.04. The number of rotatable bonds is 6. The zero-order valence-electron chi connectivity index (χ0n) is 16.2. The number of fused-ring (bicyclic) bond motifs is 1. The van der Waals surface area contributed by atoms with Gasteiger partial charge in [0.1, 0.15) is 18.5 Å². The lowest BCUT2D eigenvalue weighted by molar-refractivity contribution is 0.0596. The van der Waals surface area contributed by atoms with Gasteiger partial charge in [-0.05, 0) is 37.1 Å². The molecular weight excluding hydrogens is 370 g/mol. The number of ether oxygens (including phenoxy) is 1. The van der Waals surface area contributed by atoms with Gasteiger partial charge in [-0.1, -0.05) is 41.7 Å². The summed E-state index contributed by atoms with van der Waals surface area (Å²) in [6.45, 7) is 2.90. The minimum atomic E-state index is -0.478. The number of benzene rings is 2. The van der Waals surface area contributed by atoms with Crippen molar-refractivity contribution in [3.63, 3.8) is 0 Å². The molecule has 2 heterocycles. The number of aryl methyl sites for hydroxylation is 1. The highest BCUT2D eigenvalue weighted by Crippen LogP contribution is 2.18. The van der Waals surface area contributed by atoms with Gasteiger partial charge in [0, 0.05) is 26.7 Å². The van der Waals surface area contributed by atoms with Gasteiger partial charge in [-0.25, -0.2) is 0 Å². The highest BCUT2D eigenvalue weighted by Gasteiger charge is 2.21. The number of para-hydroxylation sites is 2. The molecule has 1 aliphatic rings. The first-order chi connectivity index (χ1) is 13.7. The third-order valence-corrected chi connectivity index (χ3v) is 6.35. The van der Waals surface area contributed by atoms with Gasteiger partial charge in [-0.3, -0.25) is 4.99 Å². The van der Waals surface area contributed by atoms with Crippen molar-refractivity contribution >= 4 is 21.6 Å². The summed E-state index contributed by atoms with van der Waals surface area (Å²) in [7, 11) is 2.09. The molecule has 1 aliphatic heterocycles. The lowest BCUT2D eigenvalue weighted by Gasteiger charge is -2.31. The van der Waals surface area contributed by atoms with Crippen LogP contribution in [0.2, 0.25) is 0 Å². The molecule has 148 valence electrons. The SMILES string of the molecule is Cn1/c(=N/C2CCN(CC(O)COc3ccccc3)CC2)sc2ccccc21. The van der Waals surface area contributed by atoms with Crippen LogP contribution in [-0.4, -0.2) is 53.0 Å². The largest absolute Gasteiger partial charge is 0.491 e. The van der Waals surface area contributed by atoms with Crippen LogP contribution < -0.4 is 9.54 Å².